The predicted octanol–water partition coefficient (Wildman–Crippen LogP) is 3.32. The van der Waals surface area contributed by atoms with E-state index in [9.17, 15) is 4.79 Å². The van der Waals surface area contributed by atoms with Gasteiger partial charge in [0.2, 0.25) is 0 Å². The second-order valence-corrected chi connectivity index (χ2v) is 6.36. The van der Waals surface area contributed by atoms with E-state index < -0.39 is 0 Å². The van der Waals surface area contributed by atoms with Crippen LogP contribution < -0.4 is 5.32 Å². The molecule has 0 bridgehead atoms. The second-order valence-electron chi connectivity index (χ2n) is 6.36. The zero-order chi connectivity index (χ0) is 19.2. The SMILES string of the molecule is O=C(NCc1cccnc1-c1ccncc1)c1ccc(Cn2ccnc2)cc1. The fourth-order valence-electron chi connectivity index (χ4n) is 2.98. The van der Waals surface area contributed by atoms with Crippen molar-refractivity contribution < 1.29 is 4.79 Å². The average Bonchev–Trinajstić information content (AvgIpc) is 3.26. The van der Waals surface area contributed by atoms with Gasteiger partial charge >= 0.3 is 0 Å². The quantitative estimate of drug-likeness (QED) is 0.566. The Kier molecular flexibility index (Phi) is 5.20. The first-order chi connectivity index (χ1) is 13.8. The van der Waals surface area contributed by atoms with E-state index in [1.165, 1.54) is 0 Å². The van der Waals surface area contributed by atoms with Crippen molar-refractivity contribution in [3.63, 3.8) is 0 Å². The van der Waals surface area contributed by atoms with E-state index in [-0.39, 0.29) is 5.91 Å². The molecule has 6 nitrogen and oxygen atoms in total. The molecule has 138 valence electrons. The summed E-state index contributed by atoms with van der Waals surface area (Å²) in [5, 5.41) is 2.98. The third-order valence-corrected chi connectivity index (χ3v) is 4.42. The van der Waals surface area contributed by atoms with Crippen LogP contribution in [0.15, 0.2) is 85.8 Å². The van der Waals surface area contributed by atoms with Gasteiger partial charge in [-0.1, -0.05) is 18.2 Å². The van der Waals surface area contributed by atoms with Crippen LogP contribution in [0.2, 0.25) is 0 Å². The van der Waals surface area contributed by atoms with Gasteiger partial charge in [-0.05, 0) is 41.5 Å². The molecule has 3 aromatic heterocycles. The predicted molar refractivity (Wildman–Crippen MR) is 106 cm³/mol. The Morgan fingerprint density at radius 2 is 1.75 bits per heavy atom. The summed E-state index contributed by atoms with van der Waals surface area (Å²) in [5.41, 5.74) is 4.52. The summed E-state index contributed by atoms with van der Waals surface area (Å²) < 4.78 is 1.98. The first kappa shape index (κ1) is 17.6. The molecule has 1 amide bonds. The maximum atomic E-state index is 12.5. The fraction of sp³-hybridized carbons (Fsp3) is 0.0909. The summed E-state index contributed by atoms with van der Waals surface area (Å²) in [6, 6.07) is 15.3. The van der Waals surface area contributed by atoms with Gasteiger partial charge < -0.3 is 9.88 Å². The number of imidazole rings is 1. The Morgan fingerprint density at radius 1 is 0.929 bits per heavy atom. The average molecular weight is 369 g/mol. The number of amides is 1. The lowest BCUT2D eigenvalue weighted by atomic mass is 10.1. The third kappa shape index (κ3) is 4.12. The van der Waals surface area contributed by atoms with Crippen molar-refractivity contribution in [2.45, 2.75) is 13.1 Å². The van der Waals surface area contributed by atoms with Crippen molar-refractivity contribution in [2.24, 2.45) is 0 Å². The number of nitrogens with one attached hydrogen (secondary N) is 1. The van der Waals surface area contributed by atoms with E-state index in [2.05, 4.69) is 20.3 Å². The molecule has 0 aliphatic rings. The number of pyridine rings is 2. The number of rotatable bonds is 6. The molecule has 6 heteroatoms. The Bertz CT molecular complexity index is 1040. The van der Waals surface area contributed by atoms with E-state index >= 15 is 0 Å². The van der Waals surface area contributed by atoms with Crippen LogP contribution in [0.3, 0.4) is 0 Å². The van der Waals surface area contributed by atoms with Crippen molar-refractivity contribution in [1.82, 2.24) is 24.8 Å². The van der Waals surface area contributed by atoms with Crippen molar-refractivity contribution in [2.75, 3.05) is 0 Å². The first-order valence-corrected chi connectivity index (χ1v) is 8.97. The molecule has 28 heavy (non-hydrogen) atoms. The van der Waals surface area contributed by atoms with Crippen LogP contribution in [0.4, 0.5) is 0 Å². The molecular formula is C22H19N5O. The molecule has 0 aliphatic heterocycles. The summed E-state index contributed by atoms with van der Waals surface area (Å²) in [7, 11) is 0. The van der Waals surface area contributed by atoms with E-state index in [0.717, 1.165) is 28.9 Å². The monoisotopic (exact) mass is 369 g/mol. The summed E-state index contributed by atoms with van der Waals surface area (Å²) in [4.78, 5) is 25.1. The van der Waals surface area contributed by atoms with Crippen LogP contribution in [0, 0.1) is 0 Å². The highest BCUT2D eigenvalue weighted by molar-refractivity contribution is 5.94. The fourth-order valence-corrected chi connectivity index (χ4v) is 2.98. The topological polar surface area (TPSA) is 72.7 Å². The van der Waals surface area contributed by atoms with Gasteiger partial charge in [0.05, 0.1) is 12.0 Å². The lowest BCUT2D eigenvalue weighted by molar-refractivity contribution is 0.0951. The van der Waals surface area contributed by atoms with E-state index in [1.54, 1.807) is 31.1 Å². The normalized spacial score (nSPS) is 10.6. The number of hydrogen-bond acceptors (Lipinski definition) is 4. The number of nitrogens with zero attached hydrogens (tertiary/aromatic N) is 4. The molecule has 0 fully saturated rings. The standard InChI is InChI=1S/C22H19N5O/c28-22(19-5-3-17(4-6-19)15-27-13-12-24-16-27)26-14-20-2-1-9-25-21(20)18-7-10-23-11-8-18/h1-13,16H,14-15H2,(H,26,28). The molecule has 1 N–H and O–H groups in total. The number of carbonyl (C=O) groups excluding carboxylic acids is 1. The van der Waals surface area contributed by atoms with Crippen molar-refractivity contribution in [1.29, 1.82) is 0 Å². The van der Waals surface area contributed by atoms with Gasteiger partial charge in [-0.2, -0.15) is 0 Å². The van der Waals surface area contributed by atoms with Crippen LogP contribution in [0.25, 0.3) is 11.3 Å². The van der Waals surface area contributed by atoms with E-state index in [1.807, 2.05) is 59.3 Å². The molecule has 0 spiro atoms. The summed E-state index contributed by atoms with van der Waals surface area (Å²) in [5.74, 6) is -0.112. The molecule has 0 atom stereocenters. The molecule has 4 aromatic rings. The van der Waals surface area contributed by atoms with Crippen LogP contribution in [-0.4, -0.2) is 25.4 Å². The molecule has 0 unspecified atom stereocenters. The van der Waals surface area contributed by atoms with Crippen molar-refractivity contribution in [3.8, 4) is 11.3 Å². The summed E-state index contributed by atoms with van der Waals surface area (Å²) >= 11 is 0. The zero-order valence-electron chi connectivity index (χ0n) is 15.2. The molecule has 0 aliphatic carbocycles. The minimum absolute atomic E-state index is 0.112. The zero-order valence-corrected chi connectivity index (χ0v) is 15.2. The smallest absolute Gasteiger partial charge is 0.251 e. The molecular weight excluding hydrogens is 350 g/mol. The lowest BCUT2D eigenvalue weighted by Crippen LogP contribution is -2.23. The molecule has 4 rings (SSSR count). The Balaban J connectivity index is 1.42. The van der Waals surface area contributed by atoms with Crippen molar-refractivity contribution >= 4 is 5.91 Å². The Morgan fingerprint density at radius 3 is 2.50 bits per heavy atom. The third-order valence-electron chi connectivity index (χ3n) is 4.42. The van der Waals surface area contributed by atoms with Crippen LogP contribution in [0.5, 0.6) is 0 Å². The number of hydrogen-bond donors (Lipinski definition) is 1. The molecule has 0 saturated carbocycles. The highest BCUT2D eigenvalue weighted by Gasteiger charge is 2.09. The highest BCUT2D eigenvalue weighted by atomic mass is 16.1. The van der Waals surface area contributed by atoms with Gasteiger partial charge in [-0.3, -0.25) is 14.8 Å². The molecule has 1 aromatic carbocycles. The molecule has 3 heterocycles. The van der Waals surface area contributed by atoms with Crippen LogP contribution in [-0.2, 0) is 13.1 Å². The summed E-state index contributed by atoms with van der Waals surface area (Å²) in [6.07, 6.45) is 10.7. The lowest BCUT2D eigenvalue weighted by Gasteiger charge is -2.10. The Labute approximate surface area is 162 Å². The summed E-state index contributed by atoms with van der Waals surface area (Å²) in [6.45, 7) is 1.13. The maximum Gasteiger partial charge on any atom is 0.251 e. The number of carbonyl (C=O) groups is 1. The van der Waals surface area contributed by atoms with Crippen LogP contribution in [0.1, 0.15) is 21.5 Å². The molecule has 0 radical (unpaired) electrons. The minimum Gasteiger partial charge on any atom is -0.348 e. The van der Waals surface area contributed by atoms with E-state index in [4.69, 9.17) is 0 Å². The van der Waals surface area contributed by atoms with E-state index in [0.29, 0.717) is 12.1 Å². The molecule has 0 saturated heterocycles. The minimum atomic E-state index is -0.112. The first-order valence-electron chi connectivity index (χ1n) is 8.97. The second kappa shape index (κ2) is 8.26. The van der Waals surface area contributed by atoms with Crippen molar-refractivity contribution in [3.05, 3.63) is 103 Å². The number of aromatic nitrogens is 4. The number of benzene rings is 1. The maximum absolute atomic E-state index is 12.5. The van der Waals surface area contributed by atoms with Gasteiger partial charge in [0.1, 0.15) is 0 Å². The van der Waals surface area contributed by atoms with Gasteiger partial charge in [-0.15, -0.1) is 0 Å². The Hall–Kier alpha value is -3.80. The van der Waals surface area contributed by atoms with Gasteiger partial charge in [0.25, 0.3) is 5.91 Å². The van der Waals surface area contributed by atoms with Gasteiger partial charge in [0, 0.05) is 55.2 Å². The van der Waals surface area contributed by atoms with Crippen LogP contribution >= 0.6 is 0 Å². The van der Waals surface area contributed by atoms with Gasteiger partial charge in [0.15, 0.2) is 0 Å². The largest absolute Gasteiger partial charge is 0.348 e. The highest BCUT2D eigenvalue weighted by Crippen LogP contribution is 2.20. The van der Waals surface area contributed by atoms with Gasteiger partial charge in [-0.25, -0.2) is 4.98 Å².